The highest BCUT2D eigenvalue weighted by Crippen LogP contribution is 2.23. The molecular formula is C23H27FN2O2. The fraction of sp³-hybridized carbons (Fsp3) is 0.391. The summed E-state index contributed by atoms with van der Waals surface area (Å²) in [5.74, 6) is -0.0146. The van der Waals surface area contributed by atoms with Crippen molar-refractivity contribution in [3.8, 4) is 0 Å². The van der Waals surface area contributed by atoms with Crippen molar-refractivity contribution in [3.05, 3.63) is 65.5 Å². The van der Waals surface area contributed by atoms with Crippen LogP contribution in [0.2, 0.25) is 0 Å². The second-order valence-electron chi connectivity index (χ2n) is 7.57. The molecule has 148 valence electrons. The number of hydrogen-bond donors (Lipinski definition) is 1. The number of likely N-dealkylation sites (tertiary alicyclic amines) is 1. The van der Waals surface area contributed by atoms with Gasteiger partial charge in [0.15, 0.2) is 5.78 Å². The van der Waals surface area contributed by atoms with Crippen LogP contribution in [0.5, 0.6) is 0 Å². The standard InChI is InChI=1S/C23H27FN2O2/c1-17(27)20-8-4-6-19(14-20)16-26-13-5-7-18(15-26)11-12-23(28)25-22-10-3-2-9-21(22)24/h2-4,6,8-10,14,18H,5,7,11-13,15-16H2,1H3,(H,25,28). The molecule has 1 atom stereocenters. The Labute approximate surface area is 165 Å². The summed E-state index contributed by atoms with van der Waals surface area (Å²) < 4.78 is 13.6. The summed E-state index contributed by atoms with van der Waals surface area (Å²) in [6, 6.07) is 14.0. The van der Waals surface area contributed by atoms with Crippen LogP contribution in [-0.2, 0) is 11.3 Å². The van der Waals surface area contributed by atoms with E-state index in [1.54, 1.807) is 25.1 Å². The molecule has 1 amide bonds. The Morgan fingerprint density at radius 2 is 2.00 bits per heavy atom. The number of halogens is 1. The molecule has 4 nitrogen and oxygen atoms in total. The molecule has 0 aliphatic carbocycles. The van der Waals surface area contributed by atoms with E-state index < -0.39 is 5.82 Å². The molecule has 1 heterocycles. The minimum absolute atomic E-state index is 0.0826. The zero-order chi connectivity index (χ0) is 19.9. The minimum atomic E-state index is -0.410. The van der Waals surface area contributed by atoms with Crippen LogP contribution in [0.4, 0.5) is 10.1 Å². The van der Waals surface area contributed by atoms with E-state index in [-0.39, 0.29) is 17.4 Å². The number of nitrogens with one attached hydrogen (secondary N) is 1. The van der Waals surface area contributed by atoms with Gasteiger partial charge in [0.2, 0.25) is 5.91 Å². The summed E-state index contributed by atoms with van der Waals surface area (Å²) in [5.41, 5.74) is 2.13. The van der Waals surface area contributed by atoms with Crippen LogP contribution >= 0.6 is 0 Å². The molecule has 0 radical (unpaired) electrons. The van der Waals surface area contributed by atoms with Crippen molar-refractivity contribution in [2.75, 3.05) is 18.4 Å². The Morgan fingerprint density at radius 3 is 2.79 bits per heavy atom. The second-order valence-corrected chi connectivity index (χ2v) is 7.57. The Morgan fingerprint density at radius 1 is 1.18 bits per heavy atom. The van der Waals surface area contributed by atoms with E-state index in [1.165, 1.54) is 6.07 Å². The largest absolute Gasteiger partial charge is 0.324 e. The predicted octanol–water partition coefficient (Wildman–Crippen LogP) is 4.66. The van der Waals surface area contributed by atoms with E-state index >= 15 is 0 Å². The Kier molecular flexibility index (Phi) is 6.93. The molecule has 1 aliphatic heterocycles. The average Bonchev–Trinajstić information content (AvgIpc) is 2.69. The molecule has 0 spiro atoms. The number of amides is 1. The third-order valence-electron chi connectivity index (χ3n) is 5.27. The van der Waals surface area contributed by atoms with Crippen LogP contribution in [-0.4, -0.2) is 29.7 Å². The molecule has 1 N–H and O–H groups in total. The first-order valence-corrected chi connectivity index (χ1v) is 9.88. The van der Waals surface area contributed by atoms with E-state index in [0.29, 0.717) is 12.3 Å². The van der Waals surface area contributed by atoms with Gasteiger partial charge in [-0.05, 0) is 62.4 Å². The topological polar surface area (TPSA) is 49.4 Å². The number of piperidine rings is 1. The Balaban J connectivity index is 1.48. The van der Waals surface area contributed by atoms with Crippen molar-refractivity contribution in [1.29, 1.82) is 0 Å². The van der Waals surface area contributed by atoms with E-state index in [0.717, 1.165) is 50.0 Å². The molecule has 3 rings (SSSR count). The van der Waals surface area contributed by atoms with Gasteiger partial charge in [0.1, 0.15) is 5.82 Å². The van der Waals surface area contributed by atoms with Crippen molar-refractivity contribution in [2.45, 2.75) is 39.2 Å². The molecule has 2 aromatic carbocycles. The van der Waals surface area contributed by atoms with Crippen molar-refractivity contribution in [1.82, 2.24) is 4.90 Å². The molecule has 28 heavy (non-hydrogen) atoms. The van der Waals surface area contributed by atoms with Gasteiger partial charge < -0.3 is 5.32 Å². The van der Waals surface area contributed by atoms with Gasteiger partial charge in [0.25, 0.3) is 0 Å². The normalized spacial score (nSPS) is 17.3. The zero-order valence-electron chi connectivity index (χ0n) is 16.3. The number of rotatable bonds is 7. The number of carbonyl (C=O) groups is 2. The van der Waals surface area contributed by atoms with Crippen LogP contribution in [0, 0.1) is 11.7 Å². The van der Waals surface area contributed by atoms with Crippen LogP contribution in [0.25, 0.3) is 0 Å². The first-order chi connectivity index (χ1) is 13.5. The van der Waals surface area contributed by atoms with Gasteiger partial charge in [-0.3, -0.25) is 14.5 Å². The van der Waals surface area contributed by atoms with Crippen LogP contribution in [0.1, 0.15) is 48.5 Å². The molecule has 1 saturated heterocycles. The molecule has 1 aliphatic rings. The van der Waals surface area contributed by atoms with Crippen molar-refractivity contribution in [2.24, 2.45) is 5.92 Å². The number of anilines is 1. The number of carbonyl (C=O) groups excluding carboxylic acids is 2. The van der Waals surface area contributed by atoms with Gasteiger partial charge in [0, 0.05) is 25.1 Å². The lowest BCUT2D eigenvalue weighted by atomic mass is 9.93. The molecule has 5 heteroatoms. The summed E-state index contributed by atoms with van der Waals surface area (Å²) in [7, 11) is 0. The molecule has 2 aromatic rings. The number of nitrogens with zero attached hydrogens (tertiary/aromatic N) is 1. The lowest BCUT2D eigenvalue weighted by Gasteiger charge is -2.32. The lowest BCUT2D eigenvalue weighted by Crippen LogP contribution is -2.35. The fourth-order valence-corrected chi connectivity index (χ4v) is 3.79. The lowest BCUT2D eigenvalue weighted by molar-refractivity contribution is -0.116. The van der Waals surface area contributed by atoms with Gasteiger partial charge >= 0.3 is 0 Å². The van der Waals surface area contributed by atoms with Gasteiger partial charge in [-0.2, -0.15) is 0 Å². The Bertz CT molecular complexity index is 837. The third-order valence-corrected chi connectivity index (χ3v) is 5.27. The Hall–Kier alpha value is -2.53. The van der Waals surface area contributed by atoms with Crippen LogP contribution in [0.15, 0.2) is 48.5 Å². The summed E-state index contributed by atoms with van der Waals surface area (Å²) in [5, 5.41) is 2.66. The predicted molar refractivity (Wildman–Crippen MR) is 109 cm³/mol. The maximum Gasteiger partial charge on any atom is 0.224 e. The highest BCUT2D eigenvalue weighted by molar-refractivity contribution is 5.94. The van der Waals surface area contributed by atoms with E-state index in [1.807, 2.05) is 18.2 Å². The maximum absolute atomic E-state index is 13.6. The van der Waals surface area contributed by atoms with Crippen molar-refractivity contribution >= 4 is 17.4 Å². The van der Waals surface area contributed by atoms with Crippen molar-refractivity contribution < 1.29 is 14.0 Å². The van der Waals surface area contributed by atoms with E-state index in [9.17, 15) is 14.0 Å². The van der Waals surface area contributed by atoms with Crippen LogP contribution < -0.4 is 5.32 Å². The highest BCUT2D eigenvalue weighted by atomic mass is 19.1. The summed E-state index contributed by atoms with van der Waals surface area (Å²) in [4.78, 5) is 26.1. The summed E-state index contributed by atoms with van der Waals surface area (Å²) in [6.07, 6.45) is 3.40. The molecule has 1 fully saturated rings. The number of ketones is 1. The second kappa shape index (κ2) is 9.60. The highest BCUT2D eigenvalue weighted by Gasteiger charge is 2.21. The smallest absolute Gasteiger partial charge is 0.224 e. The minimum Gasteiger partial charge on any atom is -0.324 e. The number of para-hydroxylation sites is 1. The first-order valence-electron chi connectivity index (χ1n) is 9.88. The average molecular weight is 382 g/mol. The maximum atomic E-state index is 13.6. The SMILES string of the molecule is CC(=O)c1cccc(CN2CCCC(CCC(=O)Nc3ccccc3F)C2)c1. The van der Waals surface area contributed by atoms with E-state index in [2.05, 4.69) is 16.3 Å². The monoisotopic (exact) mass is 382 g/mol. The van der Waals surface area contributed by atoms with E-state index in [4.69, 9.17) is 0 Å². The van der Waals surface area contributed by atoms with Crippen molar-refractivity contribution in [3.63, 3.8) is 0 Å². The first kappa shape index (κ1) is 20.2. The fourth-order valence-electron chi connectivity index (χ4n) is 3.79. The van der Waals surface area contributed by atoms with Gasteiger partial charge in [0.05, 0.1) is 5.69 Å². The molecular weight excluding hydrogens is 355 g/mol. The third kappa shape index (κ3) is 5.73. The van der Waals surface area contributed by atoms with Gasteiger partial charge in [-0.1, -0.05) is 30.3 Å². The summed E-state index contributed by atoms with van der Waals surface area (Å²) >= 11 is 0. The molecule has 0 bridgehead atoms. The number of benzene rings is 2. The summed E-state index contributed by atoms with van der Waals surface area (Å²) in [6.45, 7) is 4.38. The zero-order valence-corrected chi connectivity index (χ0v) is 16.3. The molecule has 0 aromatic heterocycles. The van der Waals surface area contributed by atoms with Gasteiger partial charge in [-0.25, -0.2) is 4.39 Å². The molecule has 1 unspecified atom stereocenters. The van der Waals surface area contributed by atoms with Crippen LogP contribution in [0.3, 0.4) is 0 Å². The number of hydrogen-bond acceptors (Lipinski definition) is 3. The molecule has 0 saturated carbocycles. The quantitative estimate of drug-likeness (QED) is 0.709. The number of Topliss-reactive ketones (excluding diaryl/α,β-unsaturated/α-hetero) is 1. The van der Waals surface area contributed by atoms with Gasteiger partial charge in [-0.15, -0.1) is 0 Å².